The summed E-state index contributed by atoms with van der Waals surface area (Å²) in [4.78, 5) is 31.8. The minimum atomic E-state index is -1.50. The number of halogens is 2. The number of rotatable bonds is 5. The Kier molecular flexibility index (Phi) is 6.06. The fourth-order valence-corrected chi connectivity index (χ4v) is 5.61. The second kappa shape index (κ2) is 8.89. The zero-order valence-electron chi connectivity index (χ0n) is 19.0. The van der Waals surface area contributed by atoms with Crippen LogP contribution < -0.4 is 10.6 Å². The lowest BCUT2D eigenvalue weighted by Crippen LogP contribution is -2.59. The molecule has 1 fully saturated rings. The van der Waals surface area contributed by atoms with Crippen molar-refractivity contribution in [3.8, 4) is 0 Å². The summed E-state index contributed by atoms with van der Waals surface area (Å²) in [6.45, 7) is 8.39. The molecule has 0 aliphatic carbocycles. The van der Waals surface area contributed by atoms with Gasteiger partial charge in [-0.15, -0.1) is 0 Å². The van der Waals surface area contributed by atoms with E-state index in [4.69, 9.17) is 27.6 Å². The zero-order valence-corrected chi connectivity index (χ0v) is 20.5. The van der Waals surface area contributed by atoms with Crippen LogP contribution in [-0.2, 0) is 15.1 Å². The van der Waals surface area contributed by atoms with E-state index < -0.39 is 11.6 Å². The molecule has 1 aromatic heterocycles. The van der Waals surface area contributed by atoms with Gasteiger partial charge >= 0.3 is 0 Å². The lowest BCUT2D eigenvalue weighted by molar-refractivity contribution is -0.132. The molecule has 2 N–H and O–H groups in total. The van der Waals surface area contributed by atoms with Crippen molar-refractivity contribution >= 4 is 51.7 Å². The highest BCUT2D eigenvalue weighted by atomic mass is 35.5. The topological polar surface area (TPSA) is 77.8 Å². The molecule has 5 rings (SSSR count). The van der Waals surface area contributed by atoms with Crippen LogP contribution in [0.3, 0.4) is 0 Å². The van der Waals surface area contributed by atoms with Gasteiger partial charge in [0.25, 0.3) is 5.91 Å². The van der Waals surface area contributed by atoms with E-state index in [9.17, 15) is 9.59 Å². The molecule has 2 aliphatic heterocycles. The molecule has 0 radical (unpaired) electrons. The van der Waals surface area contributed by atoms with Crippen molar-refractivity contribution in [2.45, 2.75) is 25.4 Å². The molecule has 3 heterocycles. The normalized spacial score (nSPS) is 21.9. The fraction of sp³-hybridized carbons (Fsp3) is 0.360. The van der Waals surface area contributed by atoms with Gasteiger partial charge in [0.1, 0.15) is 5.58 Å². The van der Waals surface area contributed by atoms with Crippen LogP contribution in [0, 0.1) is 0 Å². The van der Waals surface area contributed by atoms with E-state index in [0.29, 0.717) is 32.4 Å². The van der Waals surface area contributed by atoms with Gasteiger partial charge in [-0.3, -0.25) is 14.5 Å². The summed E-state index contributed by atoms with van der Waals surface area (Å²) in [5.74, 6) is -0.628. The molecule has 2 unspecified atom stereocenters. The van der Waals surface area contributed by atoms with Crippen LogP contribution in [0.15, 0.2) is 47.1 Å². The van der Waals surface area contributed by atoms with E-state index in [1.165, 1.54) is 0 Å². The zero-order chi connectivity index (χ0) is 24.0. The minimum Gasteiger partial charge on any atom is -0.464 e. The first kappa shape index (κ1) is 23.2. The first-order valence-corrected chi connectivity index (χ1v) is 12.2. The van der Waals surface area contributed by atoms with Crippen molar-refractivity contribution in [2.24, 2.45) is 0 Å². The number of anilines is 1. The summed E-state index contributed by atoms with van der Waals surface area (Å²) in [7, 11) is 0. The summed E-state index contributed by atoms with van der Waals surface area (Å²) in [5, 5.41) is 7.50. The molecule has 0 bridgehead atoms. The second-order valence-corrected chi connectivity index (χ2v) is 9.67. The van der Waals surface area contributed by atoms with Gasteiger partial charge in [0, 0.05) is 42.2 Å². The van der Waals surface area contributed by atoms with E-state index in [2.05, 4.69) is 27.4 Å². The molecule has 0 saturated carbocycles. The molecule has 2 aliphatic rings. The van der Waals surface area contributed by atoms with Crippen LogP contribution in [0.5, 0.6) is 0 Å². The van der Waals surface area contributed by atoms with E-state index >= 15 is 0 Å². The Bertz CT molecular complexity index is 1270. The highest BCUT2D eigenvalue weighted by Gasteiger charge is 2.52. The van der Waals surface area contributed by atoms with Crippen molar-refractivity contribution < 1.29 is 14.0 Å². The first-order valence-electron chi connectivity index (χ1n) is 11.4. The van der Waals surface area contributed by atoms with Gasteiger partial charge in [0.05, 0.1) is 23.0 Å². The number of hydrogen-bond donors (Lipinski definition) is 2. The summed E-state index contributed by atoms with van der Waals surface area (Å²) < 4.78 is 5.48. The number of nitrogens with zero attached hydrogens (tertiary/aromatic N) is 2. The highest BCUT2D eigenvalue weighted by Crippen LogP contribution is 2.46. The third-order valence-corrected chi connectivity index (χ3v) is 7.51. The molecule has 7 nitrogen and oxygen atoms in total. The van der Waals surface area contributed by atoms with Gasteiger partial charge in [-0.1, -0.05) is 36.2 Å². The number of carbonyl (C=O) groups excluding carboxylic acids is 2. The number of nitrogens with one attached hydrogen (secondary N) is 2. The largest absolute Gasteiger partial charge is 0.464 e. The molecular weight excluding hydrogens is 475 g/mol. The van der Waals surface area contributed by atoms with Crippen molar-refractivity contribution in [1.82, 2.24) is 15.1 Å². The summed E-state index contributed by atoms with van der Waals surface area (Å²) in [5.41, 5.74) is 0.757. The van der Waals surface area contributed by atoms with Crippen molar-refractivity contribution in [3.63, 3.8) is 0 Å². The average molecular weight is 501 g/mol. The van der Waals surface area contributed by atoms with Crippen LogP contribution in [0.25, 0.3) is 11.0 Å². The maximum atomic E-state index is 13.6. The number of carbonyl (C=O) groups is 2. The highest BCUT2D eigenvalue weighted by molar-refractivity contribution is 6.37. The Hall–Kier alpha value is -2.58. The molecule has 2 amide bonds. The quantitative estimate of drug-likeness (QED) is 0.551. The predicted molar refractivity (Wildman–Crippen MR) is 133 cm³/mol. The van der Waals surface area contributed by atoms with E-state index in [0.717, 1.165) is 38.1 Å². The minimum absolute atomic E-state index is 0.244. The molecule has 0 spiro atoms. The van der Waals surface area contributed by atoms with E-state index in [1.807, 2.05) is 19.1 Å². The third-order valence-electron chi connectivity index (χ3n) is 7.00. The van der Waals surface area contributed by atoms with Crippen LogP contribution in [0.4, 0.5) is 5.69 Å². The SMILES string of the molecule is CCN1CCN(C(C)C(=O)NC2(c3ccc4occc4c3)C(=O)Nc3cc(Cl)cc(Cl)c32)CC1. The first-order chi connectivity index (χ1) is 16.3. The van der Waals surface area contributed by atoms with Crippen molar-refractivity contribution in [3.05, 3.63) is 63.8 Å². The van der Waals surface area contributed by atoms with Crippen molar-refractivity contribution in [1.29, 1.82) is 0 Å². The van der Waals surface area contributed by atoms with Crippen LogP contribution in [-0.4, -0.2) is 60.4 Å². The molecular formula is C25H26Cl2N4O3. The van der Waals surface area contributed by atoms with Crippen LogP contribution in [0.1, 0.15) is 25.0 Å². The summed E-state index contributed by atoms with van der Waals surface area (Å²) >= 11 is 12.9. The third kappa shape index (κ3) is 3.77. The predicted octanol–water partition coefficient (Wildman–Crippen LogP) is 4.08. The number of piperazine rings is 1. The Morgan fingerprint density at radius 2 is 1.94 bits per heavy atom. The van der Waals surface area contributed by atoms with Gasteiger partial charge in [-0.05, 0) is 49.4 Å². The van der Waals surface area contributed by atoms with E-state index in [-0.39, 0.29) is 11.8 Å². The molecule has 2 aromatic carbocycles. The second-order valence-electron chi connectivity index (χ2n) is 8.82. The number of benzene rings is 2. The van der Waals surface area contributed by atoms with Gasteiger partial charge in [-0.2, -0.15) is 0 Å². The van der Waals surface area contributed by atoms with Gasteiger partial charge in [0.15, 0.2) is 5.54 Å². The molecule has 1 saturated heterocycles. The number of fused-ring (bicyclic) bond motifs is 2. The lowest BCUT2D eigenvalue weighted by Gasteiger charge is -2.38. The Labute approximate surface area is 208 Å². The molecule has 9 heteroatoms. The Morgan fingerprint density at radius 1 is 1.18 bits per heavy atom. The standard InChI is InChI=1S/C25H26Cl2N4O3/c1-3-30-7-9-31(10-8-30)15(2)23(32)29-25(17-4-5-21-16(12-17)6-11-34-21)22-19(27)13-18(26)14-20(22)28-24(25)33/h4-6,11-15H,3,7-10H2,1-2H3,(H,28,33)(H,29,32). The van der Waals surface area contributed by atoms with Gasteiger partial charge < -0.3 is 20.0 Å². The maximum absolute atomic E-state index is 13.6. The summed E-state index contributed by atoms with van der Waals surface area (Å²) in [6, 6.07) is 10.1. The number of hydrogen-bond acceptors (Lipinski definition) is 5. The molecule has 178 valence electrons. The summed E-state index contributed by atoms with van der Waals surface area (Å²) in [6.07, 6.45) is 1.59. The van der Waals surface area contributed by atoms with Gasteiger partial charge in [-0.25, -0.2) is 0 Å². The molecule has 3 aromatic rings. The smallest absolute Gasteiger partial charge is 0.259 e. The molecule has 2 atom stereocenters. The average Bonchev–Trinajstić information content (AvgIpc) is 3.40. The van der Waals surface area contributed by atoms with Gasteiger partial charge in [0.2, 0.25) is 5.91 Å². The number of likely N-dealkylation sites (N-methyl/N-ethyl adjacent to an activating group) is 1. The lowest BCUT2D eigenvalue weighted by atomic mass is 9.83. The van der Waals surface area contributed by atoms with Crippen LogP contribution in [0.2, 0.25) is 10.0 Å². The van der Waals surface area contributed by atoms with Crippen molar-refractivity contribution in [2.75, 3.05) is 38.0 Å². The Morgan fingerprint density at radius 3 is 2.68 bits per heavy atom. The number of furan rings is 1. The molecule has 34 heavy (non-hydrogen) atoms. The monoisotopic (exact) mass is 500 g/mol. The fourth-order valence-electron chi connectivity index (χ4n) is 4.97. The van der Waals surface area contributed by atoms with Crippen LogP contribution >= 0.6 is 23.2 Å². The van der Waals surface area contributed by atoms with E-state index in [1.54, 1.807) is 30.5 Å². The maximum Gasteiger partial charge on any atom is 0.259 e. The number of amides is 2. The Balaban J connectivity index is 1.57.